The van der Waals surface area contributed by atoms with E-state index in [0.717, 1.165) is 35.1 Å². The highest BCUT2D eigenvalue weighted by molar-refractivity contribution is 5.82. The molecule has 0 atom stereocenters. The van der Waals surface area contributed by atoms with Gasteiger partial charge in [-0.05, 0) is 32.3 Å². The number of carbonyl (C=O) groups excluding carboxylic acids is 1. The number of fused-ring (bicyclic) bond motifs is 1. The van der Waals surface area contributed by atoms with Crippen molar-refractivity contribution >= 4 is 16.9 Å². The fraction of sp³-hybridized carbons (Fsp3) is 0.588. The highest BCUT2D eigenvalue weighted by atomic mass is 16.5. The molecule has 1 aliphatic rings. The van der Waals surface area contributed by atoms with Crippen LogP contribution in [-0.4, -0.2) is 33.3 Å². The van der Waals surface area contributed by atoms with Crippen LogP contribution in [0.1, 0.15) is 43.4 Å². The quantitative estimate of drug-likeness (QED) is 0.940. The summed E-state index contributed by atoms with van der Waals surface area (Å²) < 4.78 is 7.34. The number of nitrogens with zero attached hydrogens (tertiary/aromatic N) is 3. The standard InChI is InChI=1S/C17H24N4O2/c1-11-9-15(19-17-16(11)12(2)20-21(17)3)23-10-14(22)18-13-7-5-4-6-8-13/h9,13H,4-8,10H2,1-3H3,(H,18,22). The number of nitrogens with one attached hydrogen (secondary N) is 1. The van der Waals surface area contributed by atoms with Gasteiger partial charge in [-0.1, -0.05) is 19.3 Å². The average molecular weight is 316 g/mol. The molecule has 6 heteroatoms. The van der Waals surface area contributed by atoms with Crippen LogP contribution in [0.3, 0.4) is 0 Å². The lowest BCUT2D eigenvalue weighted by atomic mass is 9.95. The predicted octanol–water partition coefficient (Wildman–Crippen LogP) is 2.41. The summed E-state index contributed by atoms with van der Waals surface area (Å²) in [4.78, 5) is 16.5. The van der Waals surface area contributed by atoms with E-state index >= 15 is 0 Å². The number of aromatic nitrogens is 3. The van der Waals surface area contributed by atoms with Crippen molar-refractivity contribution in [3.8, 4) is 5.88 Å². The first-order valence-electron chi connectivity index (χ1n) is 8.27. The molecule has 0 unspecified atom stereocenters. The molecule has 3 rings (SSSR count). The Morgan fingerprint density at radius 3 is 2.83 bits per heavy atom. The van der Waals surface area contributed by atoms with E-state index in [1.54, 1.807) is 4.68 Å². The van der Waals surface area contributed by atoms with E-state index in [0.29, 0.717) is 11.9 Å². The highest BCUT2D eigenvalue weighted by Crippen LogP contribution is 2.23. The molecular weight excluding hydrogens is 292 g/mol. The lowest BCUT2D eigenvalue weighted by molar-refractivity contribution is -0.124. The van der Waals surface area contributed by atoms with Gasteiger partial charge in [0.2, 0.25) is 5.88 Å². The van der Waals surface area contributed by atoms with E-state index < -0.39 is 0 Å². The first-order chi connectivity index (χ1) is 11.0. The van der Waals surface area contributed by atoms with Crippen molar-refractivity contribution in [2.75, 3.05) is 6.61 Å². The topological polar surface area (TPSA) is 69.0 Å². The third-order valence-corrected chi connectivity index (χ3v) is 4.46. The number of amides is 1. The molecule has 2 aromatic heterocycles. The van der Waals surface area contributed by atoms with Crippen molar-refractivity contribution in [1.29, 1.82) is 0 Å². The minimum absolute atomic E-state index is 0.00524. The van der Waals surface area contributed by atoms with Crippen molar-refractivity contribution in [2.45, 2.75) is 52.0 Å². The average Bonchev–Trinajstić information content (AvgIpc) is 2.81. The minimum Gasteiger partial charge on any atom is -0.468 e. The summed E-state index contributed by atoms with van der Waals surface area (Å²) in [6, 6.07) is 2.17. The molecule has 1 aliphatic carbocycles. The van der Waals surface area contributed by atoms with Gasteiger partial charge in [-0.2, -0.15) is 10.1 Å². The van der Waals surface area contributed by atoms with Crippen molar-refractivity contribution in [1.82, 2.24) is 20.1 Å². The molecule has 6 nitrogen and oxygen atoms in total. The summed E-state index contributed by atoms with van der Waals surface area (Å²) >= 11 is 0. The molecule has 0 aliphatic heterocycles. The van der Waals surface area contributed by atoms with E-state index in [2.05, 4.69) is 15.4 Å². The van der Waals surface area contributed by atoms with Crippen molar-refractivity contribution < 1.29 is 9.53 Å². The molecule has 2 heterocycles. The Labute approximate surface area is 136 Å². The summed E-state index contributed by atoms with van der Waals surface area (Å²) in [6.07, 6.45) is 5.81. The van der Waals surface area contributed by atoms with Crippen LogP contribution >= 0.6 is 0 Å². The second kappa shape index (κ2) is 6.56. The summed E-state index contributed by atoms with van der Waals surface area (Å²) in [6.45, 7) is 3.98. The maximum absolute atomic E-state index is 12.0. The van der Waals surface area contributed by atoms with E-state index in [4.69, 9.17) is 4.74 Å². The van der Waals surface area contributed by atoms with Crippen LogP contribution in [-0.2, 0) is 11.8 Å². The zero-order chi connectivity index (χ0) is 16.4. The number of pyridine rings is 1. The van der Waals surface area contributed by atoms with E-state index in [1.165, 1.54) is 19.3 Å². The fourth-order valence-electron chi connectivity index (χ4n) is 3.36. The van der Waals surface area contributed by atoms with Crippen LogP contribution in [0.2, 0.25) is 0 Å². The van der Waals surface area contributed by atoms with Gasteiger partial charge in [0.1, 0.15) is 0 Å². The molecule has 0 aromatic carbocycles. The van der Waals surface area contributed by atoms with Gasteiger partial charge in [0, 0.05) is 24.5 Å². The molecule has 0 saturated heterocycles. The van der Waals surface area contributed by atoms with Crippen molar-refractivity contribution in [2.24, 2.45) is 7.05 Å². The van der Waals surface area contributed by atoms with Gasteiger partial charge in [0.05, 0.1) is 5.69 Å². The van der Waals surface area contributed by atoms with Gasteiger partial charge in [0.15, 0.2) is 12.3 Å². The molecule has 1 amide bonds. The highest BCUT2D eigenvalue weighted by Gasteiger charge is 2.17. The number of aryl methyl sites for hydroxylation is 3. The monoisotopic (exact) mass is 316 g/mol. The second-order valence-corrected chi connectivity index (χ2v) is 6.38. The third kappa shape index (κ3) is 3.46. The normalized spacial score (nSPS) is 15.8. The largest absolute Gasteiger partial charge is 0.468 e. The molecule has 1 fully saturated rings. The van der Waals surface area contributed by atoms with Crippen molar-refractivity contribution in [3.05, 3.63) is 17.3 Å². The number of hydrogen-bond acceptors (Lipinski definition) is 4. The van der Waals surface area contributed by atoms with Crippen LogP contribution in [0.5, 0.6) is 5.88 Å². The molecular formula is C17H24N4O2. The third-order valence-electron chi connectivity index (χ3n) is 4.46. The maximum atomic E-state index is 12.0. The predicted molar refractivity (Wildman–Crippen MR) is 88.5 cm³/mol. The smallest absolute Gasteiger partial charge is 0.258 e. The second-order valence-electron chi connectivity index (χ2n) is 6.38. The summed E-state index contributed by atoms with van der Waals surface area (Å²) in [5, 5.41) is 8.48. The molecule has 0 radical (unpaired) electrons. The van der Waals surface area contributed by atoms with Gasteiger partial charge in [0.25, 0.3) is 5.91 Å². The van der Waals surface area contributed by atoms with Crippen LogP contribution in [0.4, 0.5) is 0 Å². The molecule has 0 spiro atoms. The Balaban J connectivity index is 1.64. The Hall–Kier alpha value is -2.11. The zero-order valence-electron chi connectivity index (χ0n) is 14.1. The molecule has 1 N–H and O–H groups in total. The summed E-state index contributed by atoms with van der Waals surface area (Å²) in [7, 11) is 1.86. The molecule has 23 heavy (non-hydrogen) atoms. The minimum atomic E-state index is -0.0716. The first kappa shape index (κ1) is 15.8. The van der Waals surface area contributed by atoms with Gasteiger partial charge < -0.3 is 10.1 Å². The zero-order valence-corrected chi connectivity index (χ0v) is 14.1. The SMILES string of the molecule is Cc1cc(OCC(=O)NC2CCCCC2)nc2c1c(C)nn2C. The van der Waals surface area contributed by atoms with Crippen LogP contribution in [0.15, 0.2) is 6.07 Å². The van der Waals surface area contributed by atoms with Crippen molar-refractivity contribution in [3.63, 3.8) is 0 Å². The summed E-state index contributed by atoms with van der Waals surface area (Å²) in [5.41, 5.74) is 2.79. The Morgan fingerprint density at radius 1 is 1.35 bits per heavy atom. The number of rotatable bonds is 4. The molecule has 0 bridgehead atoms. The number of ether oxygens (including phenoxy) is 1. The lowest BCUT2D eigenvalue weighted by Crippen LogP contribution is -2.39. The van der Waals surface area contributed by atoms with Crippen LogP contribution < -0.4 is 10.1 Å². The van der Waals surface area contributed by atoms with Gasteiger partial charge in [-0.3, -0.25) is 9.48 Å². The first-order valence-corrected chi connectivity index (χ1v) is 8.27. The van der Waals surface area contributed by atoms with E-state index in [1.807, 2.05) is 27.0 Å². The fourth-order valence-corrected chi connectivity index (χ4v) is 3.36. The Kier molecular flexibility index (Phi) is 4.50. The molecule has 1 saturated carbocycles. The van der Waals surface area contributed by atoms with Gasteiger partial charge in [-0.25, -0.2) is 0 Å². The maximum Gasteiger partial charge on any atom is 0.258 e. The molecule has 124 valence electrons. The number of carbonyl (C=O) groups is 1. The van der Waals surface area contributed by atoms with Gasteiger partial charge >= 0.3 is 0 Å². The lowest BCUT2D eigenvalue weighted by Gasteiger charge is -2.22. The van der Waals surface area contributed by atoms with Crippen LogP contribution in [0.25, 0.3) is 11.0 Å². The van der Waals surface area contributed by atoms with E-state index in [-0.39, 0.29) is 12.5 Å². The van der Waals surface area contributed by atoms with Crippen LogP contribution in [0, 0.1) is 13.8 Å². The summed E-state index contributed by atoms with van der Waals surface area (Å²) in [5.74, 6) is 0.398. The molecule has 2 aromatic rings. The Bertz CT molecular complexity index is 717. The van der Waals surface area contributed by atoms with E-state index in [9.17, 15) is 4.79 Å². The number of hydrogen-bond donors (Lipinski definition) is 1. The van der Waals surface area contributed by atoms with Gasteiger partial charge in [-0.15, -0.1) is 0 Å². The Morgan fingerprint density at radius 2 is 2.09 bits per heavy atom.